The summed E-state index contributed by atoms with van der Waals surface area (Å²) < 4.78 is 42.6. The Morgan fingerprint density at radius 3 is 2.55 bits per heavy atom. The van der Waals surface area contributed by atoms with Crippen molar-refractivity contribution in [3.63, 3.8) is 0 Å². The van der Waals surface area contributed by atoms with Gasteiger partial charge in [0.2, 0.25) is 6.23 Å². The number of hydrogen-bond donors (Lipinski definition) is 1. The topological polar surface area (TPSA) is 38.3 Å². The van der Waals surface area contributed by atoms with Gasteiger partial charge in [-0.1, -0.05) is 29.7 Å². The first-order valence-electron chi connectivity index (χ1n) is 5.99. The Bertz CT molecular complexity index is 684. The Morgan fingerprint density at radius 2 is 2.00 bits per heavy atom. The van der Waals surface area contributed by atoms with Gasteiger partial charge in [-0.15, -0.1) is 6.42 Å². The van der Waals surface area contributed by atoms with Crippen molar-refractivity contribution in [3.8, 4) is 12.3 Å². The molecule has 2 rings (SSSR count). The lowest BCUT2D eigenvalue weighted by Crippen LogP contribution is -2.26. The molecule has 0 spiro atoms. The molecule has 1 heterocycles. The van der Waals surface area contributed by atoms with Crippen molar-refractivity contribution in [1.29, 1.82) is 0 Å². The summed E-state index contributed by atoms with van der Waals surface area (Å²) in [6.07, 6.45) is 2.29. The predicted molar refractivity (Wildman–Crippen MR) is 75.2 cm³/mol. The van der Waals surface area contributed by atoms with E-state index in [0.717, 1.165) is 12.1 Å². The van der Waals surface area contributed by atoms with Gasteiger partial charge in [0.05, 0.1) is 10.6 Å². The van der Waals surface area contributed by atoms with Crippen LogP contribution >= 0.6 is 11.6 Å². The summed E-state index contributed by atoms with van der Waals surface area (Å²) in [5.74, 6) is 1.60. The van der Waals surface area contributed by atoms with Crippen LogP contribution in [0.3, 0.4) is 0 Å². The van der Waals surface area contributed by atoms with Gasteiger partial charge >= 0.3 is 6.18 Å². The molecule has 3 nitrogen and oxygen atoms in total. The van der Waals surface area contributed by atoms with E-state index in [-0.39, 0.29) is 10.8 Å². The number of carbonyl (C=O) groups is 1. The summed E-state index contributed by atoms with van der Waals surface area (Å²) in [5.41, 5.74) is -0.389. The molecule has 1 N–H and O–H groups in total. The number of allylic oxidation sites excluding steroid dienone is 1. The molecule has 0 aromatic heterocycles. The maximum Gasteiger partial charge on any atom is 0.416 e. The van der Waals surface area contributed by atoms with Gasteiger partial charge < -0.3 is 10.1 Å². The maximum atomic E-state index is 12.5. The van der Waals surface area contributed by atoms with Crippen molar-refractivity contribution in [2.24, 2.45) is 0 Å². The molecular formula is C15H9ClF3NO2. The highest BCUT2D eigenvalue weighted by atomic mass is 35.5. The molecule has 1 aliphatic heterocycles. The van der Waals surface area contributed by atoms with Crippen LogP contribution < -0.4 is 5.32 Å². The second kappa shape index (κ2) is 6.16. The molecule has 0 radical (unpaired) electrons. The lowest BCUT2D eigenvalue weighted by atomic mass is 10.1. The van der Waals surface area contributed by atoms with Gasteiger partial charge in [-0.25, -0.2) is 0 Å². The van der Waals surface area contributed by atoms with Crippen LogP contribution in [0.1, 0.15) is 11.1 Å². The monoisotopic (exact) mass is 327 g/mol. The van der Waals surface area contributed by atoms with Crippen molar-refractivity contribution in [3.05, 3.63) is 52.3 Å². The fourth-order valence-corrected chi connectivity index (χ4v) is 1.86. The molecular weight excluding hydrogens is 319 g/mol. The van der Waals surface area contributed by atoms with E-state index >= 15 is 0 Å². The van der Waals surface area contributed by atoms with Crippen molar-refractivity contribution in [2.45, 2.75) is 12.4 Å². The molecule has 22 heavy (non-hydrogen) atoms. The molecule has 1 aliphatic rings. The molecule has 1 atom stereocenters. The Hall–Kier alpha value is -2.39. The number of halogens is 4. The van der Waals surface area contributed by atoms with Crippen molar-refractivity contribution >= 4 is 23.6 Å². The van der Waals surface area contributed by atoms with E-state index in [2.05, 4.69) is 11.2 Å². The highest BCUT2D eigenvalue weighted by Gasteiger charge is 2.31. The van der Waals surface area contributed by atoms with Gasteiger partial charge in [0.1, 0.15) is 0 Å². The van der Waals surface area contributed by atoms with E-state index < -0.39 is 23.9 Å². The number of hydrogen-bond acceptors (Lipinski definition) is 2. The van der Waals surface area contributed by atoms with E-state index in [9.17, 15) is 18.0 Å². The van der Waals surface area contributed by atoms with E-state index in [0.29, 0.717) is 5.56 Å². The minimum atomic E-state index is -4.41. The molecule has 0 bridgehead atoms. The third kappa shape index (κ3) is 3.62. The molecule has 1 unspecified atom stereocenters. The van der Waals surface area contributed by atoms with Crippen LogP contribution in [0.4, 0.5) is 13.2 Å². The summed E-state index contributed by atoms with van der Waals surface area (Å²) in [6, 6.07) is 4.31. The largest absolute Gasteiger partial charge is 0.460 e. The number of amides is 1. The molecule has 114 valence electrons. The molecule has 1 aromatic carbocycles. The van der Waals surface area contributed by atoms with E-state index in [1.165, 1.54) is 24.3 Å². The fraction of sp³-hybridized carbons (Fsp3) is 0.133. The zero-order valence-electron chi connectivity index (χ0n) is 10.9. The second-order valence-electron chi connectivity index (χ2n) is 4.30. The molecule has 1 aromatic rings. The summed E-state index contributed by atoms with van der Waals surface area (Å²) >= 11 is 5.82. The van der Waals surface area contributed by atoms with Crippen LogP contribution in [-0.4, -0.2) is 12.1 Å². The summed E-state index contributed by atoms with van der Waals surface area (Å²) in [5, 5.41) is 2.56. The van der Waals surface area contributed by atoms with Crippen LogP contribution in [0.25, 0.3) is 6.08 Å². The van der Waals surface area contributed by atoms with Crippen LogP contribution in [0, 0.1) is 12.3 Å². The van der Waals surface area contributed by atoms with Gasteiger partial charge in [0, 0.05) is 6.08 Å². The number of alkyl halides is 3. The predicted octanol–water partition coefficient (Wildman–Crippen LogP) is 3.27. The minimum absolute atomic E-state index is 0.0617. The van der Waals surface area contributed by atoms with E-state index in [1.807, 2.05) is 0 Å². The maximum absolute atomic E-state index is 12.5. The van der Waals surface area contributed by atoms with Crippen LogP contribution in [0.15, 0.2) is 41.1 Å². The Morgan fingerprint density at radius 1 is 1.36 bits per heavy atom. The Balaban J connectivity index is 2.18. The number of nitrogens with one attached hydrogen (secondary N) is 1. The lowest BCUT2D eigenvalue weighted by Gasteiger charge is -2.07. The normalized spacial score (nSPS) is 20.5. The molecule has 1 amide bonds. The smallest absolute Gasteiger partial charge is 0.416 e. The Kier molecular flexibility index (Phi) is 4.48. The number of rotatable bonds is 2. The number of ether oxygens (including phenoxy) is 1. The zero-order chi connectivity index (χ0) is 16.3. The molecule has 0 saturated carbocycles. The first kappa shape index (κ1) is 16.0. The van der Waals surface area contributed by atoms with Crippen molar-refractivity contribution in [2.75, 3.05) is 0 Å². The van der Waals surface area contributed by atoms with Gasteiger partial charge in [0.25, 0.3) is 5.91 Å². The standard InChI is InChI=1S/C15H9ClF3NO2/c1-2-3-11(16)14-20-13(21)12(22-14)8-9-4-6-10(7-5-9)15(17,18)19/h1,3-8,14H,(H,20,21)/b11-3+,12-8-. The average Bonchev–Trinajstić information content (AvgIpc) is 2.80. The fourth-order valence-electron chi connectivity index (χ4n) is 1.70. The van der Waals surface area contributed by atoms with Crippen LogP contribution in [0.5, 0.6) is 0 Å². The van der Waals surface area contributed by atoms with Crippen LogP contribution in [0.2, 0.25) is 0 Å². The van der Waals surface area contributed by atoms with Crippen LogP contribution in [-0.2, 0) is 15.7 Å². The molecule has 1 saturated heterocycles. The Labute approximate surface area is 129 Å². The highest BCUT2D eigenvalue weighted by Crippen LogP contribution is 2.29. The summed E-state index contributed by atoms with van der Waals surface area (Å²) in [7, 11) is 0. The zero-order valence-corrected chi connectivity index (χ0v) is 11.7. The van der Waals surface area contributed by atoms with Gasteiger partial charge in [-0.05, 0) is 23.8 Å². The van der Waals surface area contributed by atoms with Gasteiger partial charge in [-0.2, -0.15) is 13.2 Å². The third-order valence-electron chi connectivity index (χ3n) is 2.74. The first-order chi connectivity index (χ1) is 10.3. The third-order valence-corrected chi connectivity index (χ3v) is 3.05. The quantitative estimate of drug-likeness (QED) is 0.669. The molecule has 7 heteroatoms. The number of benzene rings is 1. The van der Waals surface area contributed by atoms with E-state index in [1.54, 1.807) is 0 Å². The molecule has 0 aliphatic carbocycles. The SMILES string of the molecule is C#C/C=C(/Cl)C1NC(=O)/C(=C/c2ccc(C(F)(F)F)cc2)O1. The number of terminal acetylenes is 1. The number of carbonyl (C=O) groups excluding carboxylic acids is 1. The minimum Gasteiger partial charge on any atom is -0.460 e. The highest BCUT2D eigenvalue weighted by molar-refractivity contribution is 6.30. The van der Waals surface area contributed by atoms with Crippen molar-refractivity contribution in [1.82, 2.24) is 5.32 Å². The van der Waals surface area contributed by atoms with Crippen molar-refractivity contribution < 1.29 is 22.7 Å². The summed E-state index contributed by atoms with van der Waals surface area (Å²) in [6.45, 7) is 0. The van der Waals surface area contributed by atoms with E-state index in [4.69, 9.17) is 22.8 Å². The average molecular weight is 328 g/mol. The first-order valence-corrected chi connectivity index (χ1v) is 6.37. The second-order valence-corrected chi connectivity index (χ2v) is 4.73. The summed E-state index contributed by atoms with van der Waals surface area (Å²) in [4.78, 5) is 11.7. The molecule has 1 fully saturated rings. The lowest BCUT2D eigenvalue weighted by molar-refractivity contribution is -0.137. The van der Waals surface area contributed by atoms with Gasteiger partial charge in [-0.3, -0.25) is 4.79 Å². The van der Waals surface area contributed by atoms with Gasteiger partial charge in [0.15, 0.2) is 5.76 Å².